The average Bonchev–Trinajstić information content (AvgIpc) is 3.28. The van der Waals surface area contributed by atoms with Gasteiger partial charge >= 0.3 is 0 Å². The van der Waals surface area contributed by atoms with Gasteiger partial charge in [0.15, 0.2) is 5.82 Å². The van der Waals surface area contributed by atoms with Crippen LogP contribution in [0.2, 0.25) is 0 Å². The van der Waals surface area contributed by atoms with E-state index in [1.54, 1.807) is 0 Å². The number of carbonyl (C=O) groups is 1. The Hall–Kier alpha value is -1.43. The molecule has 2 heterocycles. The number of hydrogen-bond acceptors (Lipinski definition) is 5. The summed E-state index contributed by atoms with van der Waals surface area (Å²) in [5.74, 6) is 2.49. The van der Waals surface area contributed by atoms with Crippen molar-refractivity contribution in [3.8, 4) is 0 Å². The van der Waals surface area contributed by atoms with Gasteiger partial charge in [-0.2, -0.15) is 4.98 Å². The first-order valence-electron chi connectivity index (χ1n) is 8.43. The molecular formula is C16H26N4O2. The summed E-state index contributed by atoms with van der Waals surface area (Å²) in [6.45, 7) is 7.82. The van der Waals surface area contributed by atoms with Gasteiger partial charge in [-0.15, -0.1) is 0 Å². The number of rotatable bonds is 5. The van der Waals surface area contributed by atoms with Crippen molar-refractivity contribution in [3.05, 3.63) is 11.7 Å². The van der Waals surface area contributed by atoms with Crippen LogP contribution >= 0.6 is 0 Å². The number of amides is 1. The molecule has 1 aliphatic heterocycles. The zero-order chi connectivity index (χ0) is 15.7. The summed E-state index contributed by atoms with van der Waals surface area (Å²) in [7, 11) is 0. The van der Waals surface area contributed by atoms with Gasteiger partial charge in [0.05, 0.1) is 6.04 Å². The van der Waals surface area contributed by atoms with Crippen molar-refractivity contribution in [2.45, 2.75) is 58.5 Å². The largest absolute Gasteiger partial charge is 0.342 e. The smallest absolute Gasteiger partial charge is 0.243 e. The quantitative estimate of drug-likeness (QED) is 0.901. The molecule has 1 aliphatic carbocycles. The van der Waals surface area contributed by atoms with Crippen LogP contribution in [-0.4, -0.2) is 40.1 Å². The molecule has 3 atom stereocenters. The van der Waals surface area contributed by atoms with E-state index < -0.39 is 0 Å². The molecule has 2 fully saturated rings. The molecule has 2 aliphatic rings. The van der Waals surface area contributed by atoms with Crippen LogP contribution in [0.5, 0.6) is 0 Å². The topological polar surface area (TPSA) is 71.3 Å². The second-order valence-electron chi connectivity index (χ2n) is 6.69. The number of piperidine rings is 1. The van der Waals surface area contributed by atoms with Crippen molar-refractivity contribution >= 4 is 5.91 Å². The molecule has 3 rings (SSSR count). The molecule has 6 nitrogen and oxygen atoms in total. The van der Waals surface area contributed by atoms with E-state index in [0.29, 0.717) is 35.5 Å². The second kappa shape index (κ2) is 6.36. The zero-order valence-corrected chi connectivity index (χ0v) is 13.7. The lowest BCUT2D eigenvalue weighted by Crippen LogP contribution is -2.51. The Labute approximate surface area is 131 Å². The van der Waals surface area contributed by atoms with Crippen molar-refractivity contribution in [3.63, 3.8) is 0 Å². The highest BCUT2D eigenvalue weighted by atomic mass is 16.5. The highest BCUT2D eigenvalue weighted by Crippen LogP contribution is 2.33. The van der Waals surface area contributed by atoms with E-state index in [9.17, 15) is 4.79 Å². The highest BCUT2D eigenvalue weighted by molar-refractivity contribution is 5.81. The maximum atomic E-state index is 12.2. The average molecular weight is 306 g/mol. The van der Waals surface area contributed by atoms with Crippen molar-refractivity contribution < 1.29 is 9.32 Å². The fourth-order valence-corrected chi connectivity index (χ4v) is 3.34. The predicted molar refractivity (Wildman–Crippen MR) is 82.1 cm³/mol. The van der Waals surface area contributed by atoms with Gasteiger partial charge in [0.1, 0.15) is 0 Å². The predicted octanol–water partition coefficient (Wildman–Crippen LogP) is 2.07. The summed E-state index contributed by atoms with van der Waals surface area (Å²) in [5.41, 5.74) is 0. The second-order valence-corrected chi connectivity index (χ2v) is 6.69. The van der Waals surface area contributed by atoms with Gasteiger partial charge in [-0.05, 0) is 39.0 Å². The molecule has 1 saturated heterocycles. The number of likely N-dealkylation sites (tertiary alicyclic amines) is 1. The maximum absolute atomic E-state index is 12.2. The molecule has 122 valence electrons. The van der Waals surface area contributed by atoms with E-state index in [1.165, 1.54) is 0 Å². The first-order valence-corrected chi connectivity index (χ1v) is 8.43. The van der Waals surface area contributed by atoms with E-state index in [1.807, 2.05) is 6.92 Å². The Morgan fingerprint density at radius 2 is 2.23 bits per heavy atom. The van der Waals surface area contributed by atoms with Gasteiger partial charge in [-0.3, -0.25) is 4.79 Å². The Morgan fingerprint density at radius 3 is 2.82 bits per heavy atom. The molecule has 0 unspecified atom stereocenters. The highest BCUT2D eigenvalue weighted by Gasteiger charge is 2.38. The SMILES string of the molecule is CC[C@@H]1CN(C(=O)C2CC2)CC[C@H]1N[C@H](C)c1nc(C)no1. The molecule has 1 aromatic heterocycles. The van der Waals surface area contributed by atoms with Crippen LogP contribution < -0.4 is 5.32 Å². The van der Waals surface area contributed by atoms with Gasteiger partial charge in [-0.25, -0.2) is 0 Å². The van der Waals surface area contributed by atoms with Crippen molar-refractivity contribution in [2.75, 3.05) is 13.1 Å². The van der Waals surface area contributed by atoms with Crippen LogP contribution in [0.1, 0.15) is 57.3 Å². The number of aromatic nitrogens is 2. The molecule has 1 aromatic rings. The molecular weight excluding hydrogens is 280 g/mol. The molecule has 0 aromatic carbocycles. The van der Waals surface area contributed by atoms with Gasteiger partial charge in [0, 0.05) is 25.0 Å². The third-order valence-corrected chi connectivity index (χ3v) is 4.87. The minimum atomic E-state index is 0.0472. The lowest BCUT2D eigenvalue weighted by Gasteiger charge is -2.39. The van der Waals surface area contributed by atoms with E-state index in [0.717, 1.165) is 38.8 Å². The van der Waals surface area contributed by atoms with Crippen LogP contribution in [0.3, 0.4) is 0 Å². The van der Waals surface area contributed by atoms with E-state index >= 15 is 0 Å². The van der Waals surface area contributed by atoms with Gasteiger partial charge in [0.25, 0.3) is 0 Å². The van der Waals surface area contributed by atoms with Gasteiger partial charge < -0.3 is 14.7 Å². The van der Waals surface area contributed by atoms with Gasteiger partial charge in [-0.1, -0.05) is 18.5 Å². The monoisotopic (exact) mass is 306 g/mol. The number of nitrogens with one attached hydrogen (secondary N) is 1. The van der Waals surface area contributed by atoms with E-state index in [4.69, 9.17) is 4.52 Å². The Morgan fingerprint density at radius 1 is 1.45 bits per heavy atom. The third-order valence-electron chi connectivity index (χ3n) is 4.87. The van der Waals surface area contributed by atoms with Crippen LogP contribution in [-0.2, 0) is 4.79 Å². The molecule has 22 heavy (non-hydrogen) atoms. The van der Waals surface area contributed by atoms with Crippen molar-refractivity contribution in [2.24, 2.45) is 11.8 Å². The number of carbonyl (C=O) groups excluding carboxylic acids is 1. The number of nitrogens with zero attached hydrogens (tertiary/aromatic N) is 3. The fourth-order valence-electron chi connectivity index (χ4n) is 3.34. The zero-order valence-electron chi connectivity index (χ0n) is 13.7. The summed E-state index contributed by atoms with van der Waals surface area (Å²) in [5, 5.41) is 7.47. The minimum Gasteiger partial charge on any atom is -0.342 e. The van der Waals surface area contributed by atoms with E-state index in [-0.39, 0.29) is 6.04 Å². The van der Waals surface area contributed by atoms with Crippen LogP contribution in [0, 0.1) is 18.8 Å². The van der Waals surface area contributed by atoms with Crippen LogP contribution in [0.15, 0.2) is 4.52 Å². The lowest BCUT2D eigenvalue weighted by molar-refractivity contribution is -0.134. The molecule has 1 saturated carbocycles. The summed E-state index contributed by atoms with van der Waals surface area (Å²) >= 11 is 0. The Kier molecular flexibility index (Phi) is 4.47. The molecule has 1 amide bonds. The van der Waals surface area contributed by atoms with Gasteiger partial charge in [0.2, 0.25) is 11.8 Å². The first kappa shape index (κ1) is 15.5. The number of hydrogen-bond donors (Lipinski definition) is 1. The summed E-state index contributed by atoms with van der Waals surface area (Å²) in [6, 6.07) is 0.446. The fraction of sp³-hybridized carbons (Fsp3) is 0.812. The van der Waals surface area contributed by atoms with Crippen molar-refractivity contribution in [1.82, 2.24) is 20.4 Å². The standard InChI is InChI=1S/C16H26N4O2/c1-4-12-9-20(16(21)13-5-6-13)8-7-14(12)17-10(2)15-18-11(3)19-22-15/h10,12-14,17H,4-9H2,1-3H3/t10-,12-,14-/m1/s1. The summed E-state index contributed by atoms with van der Waals surface area (Å²) in [4.78, 5) is 18.6. The maximum Gasteiger partial charge on any atom is 0.243 e. The molecule has 0 spiro atoms. The van der Waals surface area contributed by atoms with Crippen molar-refractivity contribution in [1.29, 1.82) is 0 Å². The van der Waals surface area contributed by atoms with E-state index in [2.05, 4.69) is 34.2 Å². The molecule has 0 radical (unpaired) electrons. The molecule has 6 heteroatoms. The lowest BCUT2D eigenvalue weighted by atomic mass is 9.89. The van der Waals surface area contributed by atoms with Crippen LogP contribution in [0.4, 0.5) is 0 Å². The molecule has 1 N–H and O–H groups in total. The Balaban J connectivity index is 1.58. The molecule has 0 bridgehead atoms. The Bertz CT molecular complexity index is 526. The normalized spacial score (nSPS) is 27.0. The van der Waals surface area contributed by atoms with Crippen LogP contribution in [0.25, 0.3) is 0 Å². The third kappa shape index (κ3) is 3.32. The summed E-state index contributed by atoms with van der Waals surface area (Å²) < 4.78 is 5.25. The summed E-state index contributed by atoms with van der Waals surface area (Å²) in [6.07, 6.45) is 4.23. The first-order chi connectivity index (χ1) is 10.6. The number of aryl methyl sites for hydroxylation is 1. The minimum absolute atomic E-state index is 0.0472.